The molecule has 2 rings (SSSR count). The van der Waals surface area contributed by atoms with Crippen molar-refractivity contribution in [3.05, 3.63) is 24.1 Å². The average molecular weight is 440 g/mol. The summed E-state index contributed by atoms with van der Waals surface area (Å²) in [6.45, 7) is 1.93. The molecule has 2 amide bonds. The van der Waals surface area contributed by atoms with Gasteiger partial charge in [-0.25, -0.2) is 4.39 Å². The van der Waals surface area contributed by atoms with Gasteiger partial charge in [-0.15, -0.1) is 0 Å². The summed E-state index contributed by atoms with van der Waals surface area (Å²) >= 11 is 0. The number of carbonyl (C=O) groups is 2. The summed E-state index contributed by atoms with van der Waals surface area (Å²) in [5.74, 6) is -0.0631. The average Bonchev–Trinajstić information content (AvgIpc) is 3.60. The van der Waals surface area contributed by atoms with E-state index >= 15 is 0 Å². The van der Waals surface area contributed by atoms with Crippen molar-refractivity contribution in [3.63, 3.8) is 0 Å². The molecular formula is C22H38FN5O3. The van der Waals surface area contributed by atoms with Crippen LogP contribution < -0.4 is 27.4 Å². The molecule has 2 aliphatic rings. The van der Waals surface area contributed by atoms with Crippen molar-refractivity contribution in [1.29, 1.82) is 0 Å². The van der Waals surface area contributed by atoms with Crippen LogP contribution >= 0.6 is 0 Å². The molecule has 0 aromatic carbocycles. The summed E-state index contributed by atoms with van der Waals surface area (Å²) in [7, 11) is 1.64. The first-order valence-electron chi connectivity index (χ1n) is 11.3. The van der Waals surface area contributed by atoms with Crippen LogP contribution in [0.5, 0.6) is 0 Å². The first-order chi connectivity index (χ1) is 15.0. The smallest absolute Gasteiger partial charge is 0.237 e. The quantitative estimate of drug-likeness (QED) is 0.236. The summed E-state index contributed by atoms with van der Waals surface area (Å²) in [4.78, 5) is 23.9. The number of allylic oxidation sites excluding steroid dienone is 2. The summed E-state index contributed by atoms with van der Waals surface area (Å²) < 4.78 is 19.7. The summed E-state index contributed by atoms with van der Waals surface area (Å²) in [5, 5.41) is 8.79. The molecular weight excluding hydrogens is 401 g/mol. The van der Waals surface area contributed by atoms with Gasteiger partial charge < -0.3 is 32.2 Å². The van der Waals surface area contributed by atoms with Gasteiger partial charge in [0.1, 0.15) is 5.83 Å². The Labute approximate surface area is 184 Å². The van der Waals surface area contributed by atoms with Gasteiger partial charge in [0.15, 0.2) is 0 Å². The molecule has 9 heteroatoms. The van der Waals surface area contributed by atoms with Gasteiger partial charge in [-0.1, -0.05) is 6.08 Å². The van der Waals surface area contributed by atoms with Gasteiger partial charge in [-0.05, 0) is 63.1 Å². The highest BCUT2D eigenvalue weighted by atomic mass is 19.1. The minimum absolute atomic E-state index is 0.00305. The summed E-state index contributed by atoms with van der Waals surface area (Å²) in [6.07, 6.45) is 9.29. The number of nitrogens with one attached hydrogen (secondary N) is 3. The Morgan fingerprint density at radius 1 is 1.26 bits per heavy atom. The van der Waals surface area contributed by atoms with Gasteiger partial charge in [0.05, 0.1) is 24.8 Å². The van der Waals surface area contributed by atoms with Gasteiger partial charge in [0, 0.05) is 26.1 Å². The van der Waals surface area contributed by atoms with Crippen molar-refractivity contribution in [2.75, 3.05) is 33.3 Å². The van der Waals surface area contributed by atoms with Crippen LogP contribution in [0.1, 0.15) is 38.5 Å². The molecule has 0 bridgehead atoms. The van der Waals surface area contributed by atoms with Gasteiger partial charge >= 0.3 is 0 Å². The zero-order valence-corrected chi connectivity index (χ0v) is 18.4. The van der Waals surface area contributed by atoms with Crippen LogP contribution in [-0.4, -0.2) is 63.3 Å². The minimum atomic E-state index is -0.534. The van der Waals surface area contributed by atoms with Crippen LogP contribution in [0, 0.1) is 11.8 Å². The van der Waals surface area contributed by atoms with E-state index in [4.69, 9.17) is 16.2 Å². The number of carbonyl (C=O) groups excluding carboxylic acids is 2. The zero-order chi connectivity index (χ0) is 22.6. The standard InChI is InChI=1S/C22H38FN5O3/c1-26-22(30)20(16-6-7-16)27-12-13-31-19-14-17(23)9-8-15(19)4-3-11-28-21(29)18(25)5-2-10-24/h8-9,14-16,18-20,27H,2-7,10-13,24-25H2,1H3,(H,26,30)(H,28,29). The lowest BCUT2D eigenvalue weighted by Crippen LogP contribution is -2.45. The molecule has 31 heavy (non-hydrogen) atoms. The monoisotopic (exact) mass is 439 g/mol. The Balaban J connectivity index is 1.69. The van der Waals surface area contributed by atoms with E-state index in [0.29, 0.717) is 38.6 Å². The number of halogens is 1. The van der Waals surface area contributed by atoms with Crippen LogP contribution in [0.3, 0.4) is 0 Å². The molecule has 4 unspecified atom stereocenters. The third kappa shape index (κ3) is 9.06. The molecule has 8 nitrogen and oxygen atoms in total. The van der Waals surface area contributed by atoms with Crippen molar-refractivity contribution < 1.29 is 18.7 Å². The lowest BCUT2D eigenvalue weighted by atomic mass is 9.92. The minimum Gasteiger partial charge on any atom is -0.372 e. The van der Waals surface area contributed by atoms with Crippen LogP contribution in [0.4, 0.5) is 4.39 Å². The van der Waals surface area contributed by atoms with Crippen molar-refractivity contribution in [1.82, 2.24) is 16.0 Å². The molecule has 0 aromatic heterocycles. The van der Waals surface area contributed by atoms with Crippen molar-refractivity contribution in [2.45, 2.75) is 56.7 Å². The number of likely N-dealkylation sites (N-methyl/N-ethyl adjacent to an activating group) is 1. The molecule has 176 valence electrons. The highest BCUT2D eigenvalue weighted by Crippen LogP contribution is 2.32. The predicted molar refractivity (Wildman–Crippen MR) is 119 cm³/mol. The number of hydrogen-bond acceptors (Lipinski definition) is 6. The Morgan fingerprint density at radius 2 is 2.03 bits per heavy atom. The number of nitrogens with two attached hydrogens (primary N) is 2. The lowest BCUT2D eigenvalue weighted by Gasteiger charge is -2.26. The molecule has 0 aromatic rings. The maximum Gasteiger partial charge on any atom is 0.237 e. The zero-order valence-electron chi connectivity index (χ0n) is 18.4. The molecule has 0 saturated heterocycles. The molecule has 1 saturated carbocycles. The fourth-order valence-corrected chi connectivity index (χ4v) is 3.71. The highest BCUT2D eigenvalue weighted by Gasteiger charge is 2.35. The second-order valence-electron chi connectivity index (χ2n) is 8.26. The second-order valence-corrected chi connectivity index (χ2v) is 8.26. The Morgan fingerprint density at radius 3 is 2.71 bits per heavy atom. The highest BCUT2D eigenvalue weighted by molar-refractivity contribution is 5.82. The Kier molecular flexibility index (Phi) is 11.1. The first-order valence-corrected chi connectivity index (χ1v) is 11.3. The van der Waals surface area contributed by atoms with Gasteiger partial charge in [0.25, 0.3) is 0 Å². The van der Waals surface area contributed by atoms with E-state index < -0.39 is 6.04 Å². The molecule has 2 aliphatic carbocycles. The molecule has 0 spiro atoms. The predicted octanol–water partition coefficient (Wildman–Crippen LogP) is 0.488. The number of rotatable bonds is 15. The normalized spacial score (nSPS) is 22.5. The molecule has 0 aliphatic heterocycles. The van der Waals surface area contributed by atoms with E-state index in [-0.39, 0.29) is 35.7 Å². The molecule has 1 fully saturated rings. The maximum absolute atomic E-state index is 13.7. The lowest BCUT2D eigenvalue weighted by molar-refractivity contribution is -0.123. The van der Waals surface area contributed by atoms with Crippen LogP contribution in [0.25, 0.3) is 0 Å². The van der Waals surface area contributed by atoms with E-state index in [1.807, 2.05) is 6.08 Å². The fraction of sp³-hybridized carbons (Fsp3) is 0.727. The molecule has 0 radical (unpaired) electrons. The van der Waals surface area contributed by atoms with E-state index in [1.165, 1.54) is 12.2 Å². The van der Waals surface area contributed by atoms with E-state index in [2.05, 4.69) is 16.0 Å². The van der Waals surface area contributed by atoms with E-state index in [0.717, 1.165) is 32.1 Å². The Hall–Kier alpha value is -1.81. The van der Waals surface area contributed by atoms with Crippen molar-refractivity contribution in [2.24, 2.45) is 23.3 Å². The third-order valence-corrected chi connectivity index (χ3v) is 5.72. The maximum atomic E-state index is 13.7. The SMILES string of the molecule is CNC(=O)C(NCCOC1C=C(F)C=CC1CCCNC(=O)C(N)CCCN)C1CC1. The van der Waals surface area contributed by atoms with Gasteiger partial charge in [0.2, 0.25) is 11.8 Å². The van der Waals surface area contributed by atoms with Crippen LogP contribution in [-0.2, 0) is 14.3 Å². The summed E-state index contributed by atoms with van der Waals surface area (Å²) in [5.41, 5.74) is 11.3. The molecule has 0 heterocycles. The first kappa shape index (κ1) is 25.5. The van der Waals surface area contributed by atoms with Gasteiger partial charge in [-0.2, -0.15) is 0 Å². The number of hydrogen-bond donors (Lipinski definition) is 5. The summed E-state index contributed by atoms with van der Waals surface area (Å²) in [6, 6.07) is -0.726. The number of ether oxygens (including phenoxy) is 1. The van der Waals surface area contributed by atoms with Gasteiger partial charge in [-0.3, -0.25) is 9.59 Å². The van der Waals surface area contributed by atoms with Crippen molar-refractivity contribution >= 4 is 11.8 Å². The van der Waals surface area contributed by atoms with Crippen LogP contribution in [0.2, 0.25) is 0 Å². The largest absolute Gasteiger partial charge is 0.372 e. The molecule has 7 N–H and O–H groups in total. The third-order valence-electron chi connectivity index (χ3n) is 5.72. The fourth-order valence-electron chi connectivity index (χ4n) is 3.71. The van der Waals surface area contributed by atoms with Crippen molar-refractivity contribution in [3.8, 4) is 0 Å². The van der Waals surface area contributed by atoms with E-state index in [1.54, 1.807) is 7.05 Å². The second kappa shape index (κ2) is 13.6. The molecule has 4 atom stereocenters. The Bertz CT molecular complexity index is 639. The van der Waals surface area contributed by atoms with E-state index in [9.17, 15) is 14.0 Å². The van der Waals surface area contributed by atoms with Crippen LogP contribution in [0.15, 0.2) is 24.1 Å². The topological polar surface area (TPSA) is 132 Å². The number of amides is 2.